The molecule has 0 aliphatic carbocycles. The largest absolute Gasteiger partial charge is 0.496 e. The molecule has 0 radical (unpaired) electrons. The van der Waals surface area contributed by atoms with Crippen LogP contribution in [0.15, 0.2) is 60.8 Å². The minimum Gasteiger partial charge on any atom is -0.496 e. The summed E-state index contributed by atoms with van der Waals surface area (Å²) in [6, 6.07) is 16.7. The fraction of sp³-hybridized carbons (Fsp3) is 0.390. The number of amides is 2. The molecule has 2 aromatic heterocycles. The summed E-state index contributed by atoms with van der Waals surface area (Å²) >= 11 is 14.2. The van der Waals surface area contributed by atoms with Crippen LogP contribution in [-0.2, 0) is 27.4 Å². The summed E-state index contributed by atoms with van der Waals surface area (Å²) in [5.41, 5.74) is 4.71. The van der Waals surface area contributed by atoms with Crippen LogP contribution in [0.25, 0.3) is 33.6 Å². The minimum atomic E-state index is -0.875. The zero-order chi connectivity index (χ0) is 39.9. The Labute approximate surface area is 331 Å². The number of likely N-dealkylation sites (tertiary alicyclic amines) is 1. The maximum absolute atomic E-state index is 13.6. The Morgan fingerprint density at radius 1 is 0.945 bits per heavy atom. The normalized spacial score (nSPS) is 13.3. The number of carbonyl (C=O) groups excluding carboxylic acids is 2. The number of carboxylic acids is 1. The van der Waals surface area contributed by atoms with E-state index in [1.807, 2.05) is 69.3 Å². The van der Waals surface area contributed by atoms with Crippen molar-refractivity contribution < 1.29 is 33.7 Å². The van der Waals surface area contributed by atoms with E-state index in [1.54, 1.807) is 36.1 Å². The number of halogens is 2. The lowest BCUT2D eigenvalue weighted by molar-refractivity contribution is -0.137. The van der Waals surface area contributed by atoms with Gasteiger partial charge in [0.15, 0.2) is 0 Å². The number of nitrogens with one attached hydrogen (secondary N) is 1. The zero-order valence-corrected chi connectivity index (χ0v) is 33.5. The van der Waals surface area contributed by atoms with Crippen LogP contribution >= 0.6 is 23.2 Å². The molecule has 55 heavy (non-hydrogen) atoms. The Kier molecular flexibility index (Phi) is 13.6. The number of carbonyl (C=O) groups is 3. The monoisotopic (exact) mass is 791 g/mol. The number of carboxylic acid groups (broad SMARTS) is 1. The van der Waals surface area contributed by atoms with Crippen molar-refractivity contribution in [2.75, 3.05) is 33.9 Å². The molecule has 2 amide bonds. The van der Waals surface area contributed by atoms with Crippen LogP contribution in [0.1, 0.15) is 58.1 Å². The van der Waals surface area contributed by atoms with Gasteiger partial charge in [0.25, 0.3) is 0 Å². The highest BCUT2D eigenvalue weighted by molar-refractivity contribution is 6.39. The molecular weight excluding hydrogens is 745 g/mol. The van der Waals surface area contributed by atoms with E-state index >= 15 is 0 Å². The van der Waals surface area contributed by atoms with Crippen LogP contribution in [0.3, 0.4) is 0 Å². The summed E-state index contributed by atoms with van der Waals surface area (Å²) in [5, 5.41) is 12.8. The molecule has 1 aliphatic rings. The zero-order valence-electron chi connectivity index (χ0n) is 31.9. The summed E-state index contributed by atoms with van der Waals surface area (Å²) in [6.45, 7) is 9.15. The maximum atomic E-state index is 13.6. The van der Waals surface area contributed by atoms with E-state index in [4.69, 9.17) is 47.5 Å². The van der Waals surface area contributed by atoms with Crippen LogP contribution in [0.2, 0.25) is 10.0 Å². The summed E-state index contributed by atoms with van der Waals surface area (Å²) in [5.74, 6) is 0.100. The third-order valence-corrected chi connectivity index (χ3v) is 10.1. The molecule has 292 valence electrons. The standard InChI is InChI=1S/C41H47Cl2N5O7/c1-25(49)47-20-16-29(17-21-47)48(40(52)55-41(2,3)4)24-28-11-10-26(22-34(28)53-5)38-37(43)31(14-19-45-38)30-8-7-9-32(36(30)42)33-13-12-27(39(46-33)54-6)23-44-18-15-35(50)51/h7-14,19,22,29,44H,15-18,20-21,23-24H2,1-6H3,(H,50,51). The van der Waals surface area contributed by atoms with Crippen molar-refractivity contribution >= 4 is 41.2 Å². The molecule has 14 heteroatoms. The van der Waals surface area contributed by atoms with Crippen LogP contribution in [0, 0.1) is 0 Å². The molecule has 0 atom stereocenters. The van der Waals surface area contributed by atoms with Crippen LogP contribution in [-0.4, -0.2) is 88.3 Å². The number of hydrogen-bond acceptors (Lipinski definition) is 9. The van der Waals surface area contributed by atoms with E-state index in [-0.39, 0.29) is 24.9 Å². The summed E-state index contributed by atoms with van der Waals surface area (Å²) < 4.78 is 17.2. The van der Waals surface area contributed by atoms with E-state index in [9.17, 15) is 14.4 Å². The predicted octanol–water partition coefficient (Wildman–Crippen LogP) is 8.11. The van der Waals surface area contributed by atoms with Gasteiger partial charge in [0.1, 0.15) is 11.4 Å². The third-order valence-electron chi connectivity index (χ3n) is 9.30. The summed E-state index contributed by atoms with van der Waals surface area (Å²) in [6.07, 6.45) is 2.53. The smallest absolute Gasteiger partial charge is 0.410 e. The van der Waals surface area contributed by atoms with Crippen LogP contribution < -0.4 is 14.8 Å². The van der Waals surface area contributed by atoms with Gasteiger partial charge < -0.3 is 34.4 Å². The Balaban J connectivity index is 1.42. The van der Waals surface area contributed by atoms with Gasteiger partial charge in [-0.1, -0.05) is 59.6 Å². The van der Waals surface area contributed by atoms with Gasteiger partial charge in [0.2, 0.25) is 11.8 Å². The second kappa shape index (κ2) is 18.1. The van der Waals surface area contributed by atoms with Gasteiger partial charge in [-0.25, -0.2) is 9.78 Å². The highest BCUT2D eigenvalue weighted by Crippen LogP contribution is 2.42. The van der Waals surface area contributed by atoms with Crippen molar-refractivity contribution in [3.8, 4) is 45.3 Å². The van der Waals surface area contributed by atoms with Gasteiger partial charge in [-0.05, 0) is 51.8 Å². The van der Waals surface area contributed by atoms with E-state index in [0.717, 1.165) is 11.1 Å². The Bertz CT molecular complexity index is 2030. The number of aromatic nitrogens is 2. The molecule has 5 rings (SSSR count). The van der Waals surface area contributed by atoms with Crippen LogP contribution in [0.4, 0.5) is 4.79 Å². The highest BCUT2D eigenvalue weighted by Gasteiger charge is 2.32. The molecule has 0 saturated carbocycles. The Morgan fingerprint density at radius 3 is 2.29 bits per heavy atom. The van der Waals surface area contributed by atoms with Gasteiger partial charge in [-0.2, -0.15) is 0 Å². The Hall–Kier alpha value is -4.91. The first-order valence-corrected chi connectivity index (χ1v) is 18.8. The first kappa shape index (κ1) is 41.3. The molecule has 1 saturated heterocycles. The number of aliphatic carboxylic acids is 1. The molecule has 12 nitrogen and oxygen atoms in total. The van der Waals surface area contributed by atoms with Gasteiger partial charge >= 0.3 is 12.1 Å². The summed E-state index contributed by atoms with van der Waals surface area (Å²) in [4.78, 5) is 49.3. The second-order valence-electron chi connectivity index (χ2n) is 14.2. The van der Waals surface area contributed by atoms with Crippen molar-refractivity contribution in [2.24, 2.45) is 0 Å². The minimum absolute atomic E-state index is 0.00718. The molecule has 4 aromatic rings. The number of methoxy groups -OCH3 is 2. The quantitative estimate of drug-likeness (QED) is 0.128. The van der Waals surface area contributed by atoms with Crippen molar-refractivity contribution in [1.82, 2.24) is 25.1 Å². The molecule has 1 fully saturated rings. The fourth-order valence-corrected chi connectivity index (χ4v) is 7.15. The van der Waals surface area contributed by atoms with Crippen molar-refractivity contribution in [3.63, 3.8) is 0 Å². The van der Waals surface area contributed by atoms with E-state index in [1.165, 1.54) is 7.11 Å². The predicted molar refractivity (Wildman–Crippen MR) is 212 cm³/mol. The second-order valence-corrected chi connectivity index (χ2v) is 15.0. The van der Waals surface area contributed by atoms with Gasteiger partial charge in [-0.15, -0.1) is 0 Å². The number of pyridine rings is 2. The molecular formula is C41H47Cl2N5O7. The third kappa shape index (κ3) is 10.2. The van der Waals surface area contributed by atoms with Crippen molar-refractivity contribution in [3.05, 3.63) is 82.0 Å². The van der Waals surface area contributed by atoms with E-state index in [0.29, 0.717) is 94.3 Å². The first-order chi connectivity index (χ1) is 26.2. The molecule has 2 aromatic carbocycles. The number of benzene rings is 2. The van der Waals surface area contributed by atoms with Gasteiger partial charge in [-0.3, -0.25) is 14.6 Å². The van der Waals surface area contributed by atoms with Gasteiger partial charge in [0, 0.05) is 78.7 Å². The number of ether oxygens (including phenoxy) is 3. The first-order valence-electron chi connectivity index (χ1n) is 18.0. The topological polar surface area (TPSA) is 143 Å². The molecule has 0 spiro atoms. The lowest BCUT2D eigenvalue weighted by Crippen LogP contribution is -2.49. The Morgan fingerprint density at radius 2 is 1.64 bits per heavy atom. The number of hydrogen-bond donors (Lipinski definition) is 2. The highest BCUT2D eigenvalue weighted by atomic mass is 35.5. The van der Waals surface area contributed by atoms with E-state index < -0.39 is 17.7 Å². The SMILES string of the molecule is COc1cc(-c2nccc(-c3cccc(-c4ccc(CNCCC(=O)O)c(OC)n4)c3Cl)c2Cl)ccc1CN(C(=O)OC(C)(C)C)C1CCN(C(C)=O)CC1. The molecule has 3 heterocycles. The van der Waals surface area contributed by atoms with Gasteiger partial charge in [0.05, 0.1) is 48.6 Å². The van der Waals surface area contributed by atoms with Crippen molar-refractivity contribution in [1.29, 1.82) is 0 Å². The number of rotatable bonds is 13. The molecule has 0 unspecified atom stereocenters. The van der Waals surface area contributed by atoms with Crippen molar-refractivity contribution in [2.45, 2.75) is 71.7 Å². The maximum Gasteiger partial charge on any atom is 0.410 e. The van der Waals surface area contributed by atoms with Crippen LogP contribution in [0.5, 0.6) is 11.6 Å². The molecule has 1 aliphatic heterocycles. The molecule has 0 bridgehead atoms. The lowest BCUT2D eigenvalue weighted by atomic mass is 9.98. The summed E-state index contributed by atoms with van der Waals surface area (Å²) in [7, 11) is 3.11. The molecule has 2 N–H and O–H groups in total. The number of nitrogens with zero attached hydrogens (tertiary/aromatic N) is 4. The number of piperidine rings is 1. The van der Waals surface area contributed by atoms with E-state index in [2.05, 4.69) is 10.3 Å². The fourth-order valence-electron chi connectivity index (χ4n) is 6.50. The lowest BCUT2D eigenvalue weighted by Gasteiger charge is -2.39. The average molecular weight is 793 g/mol. The average Bonchev–Trinajstić information content (AvgIpc) is 3.15.